The van der Waals surface area contributed by atoms with Crippen LogP contribution in [0.2, 0.25) is 0 Å². The summed E-state index contributed by atoms with van der Waals surface area (Å²) in [7, 11) is -4.28. The third-order valence-electron chi connectivity index (χ3n) is 10.4. The van der Waals surface area contributed by atoms with Gasteiger partial charge in [0.25, 0.3) is 10.1 Å². The molecule has 6 heteroatoms. The zero-order chi connectivity index (χ0) is 32.6. The number of rotatable bonds is 13. The van der Waals surface area contributed by atoms with Crippen molar-refractivity contribution in [1.29, 1.82) is 0 Å². The van der Waals surface area contributed by atoms with Crippen LogP contribution >= 0.6 is 0 Å². The molecule has 0 aromatic heterocycles. The summed E-state index contributed by atoms with van der Waals surface area (Å²) in [5.41, 5.74) is 9.82. The van der Waals surface area contributed by atoms with Crippen LogP contribution in [0.25, 0.3) is 0 Å². The highest BCUT2D eigenvalue weighted by Crippen LogP contribution is 2.51. The van der Waals surface area contributed by atoms with Gasteiger partial charge in [-0.25, -0.2) is 0 Å². The smallest absolute Gasteiger partial charge is 0.294 e. The number of fused-ring (bicyclic) bond motifs is 2. The maximum absolute atomic E-state index is 12.1. The molecule has 0 saturated carbocycles. The van der Waals surface area contributed by atoms with Gasteiger partial charge in [-0.15, -0.1) is 0 Å². The molecule has 0 fully saturated rings. The Balaban J connectivity index is 1.34. The van der Waals surface area contributed by atoms with Crippen LogP contribution in [0, 0.1) is 13.8 Å². The summed E-state index contributed by atoms with van der Waals surface area (Å²) in [6, 6.07) is 20.8. The first-order chi connectivity index (χ1) is 21.3. The fraction of sp³-hybridized carbons (Fsp3) is 0.513. The molecule has 0 amide bonds. The molecule has 5 nitrogen and oxygen atoms in total. The maximum Gasteiger partial charge on any atom is 0.294 e. The number of hydrogen-bond donors (Lipinski definition) is 1. The zero-order valence-electron chi connectivity index (χ0n) is 28.5. The Morgan fingerprint density at radius 3 is 2.27 bits per heavy atom. The highest BCUT2D eigenvalue weighted by molar-refractivity contribution is 7.85. The van der Waals surface area contributed by atoms with Gasteiger partial charge in [0.15, 0.2) is 5.71 Å². The minimum atomic E-state index is -4.28. The summed E-state index contributed by atoms with van der Waals surface area (Å²) in [4.78, 5) is 2.37. The lowest BCUT2D eigenvalue weighted by atomic mass is 9.78. The molecule has 2 heterocycles. The van der Waals surface area contributed by atoms with Crippen LogP contribution in [0.4, 0.5) is 17.1 Å². The van der Waals surface area contributed by atoms with Crippen molar-refractivity contribution in [1.82, 2.24) is 0 Å². The van der Waals surface area contributed by atoms with Crippen molar-refractivity contribution in [2.45, 2.75) is 128 Å². The molecule has 0 aliphatic carbocycles. The standard InChI is InChI=1S/C39H52N2O3S/c1-8-9-10-14-24-40-34-22-20-29(3)26-32(34)38(4,5)36(40)18-12-11-13-19-37-39(6,7)33-27-31(45(42,43)44)21-23-35(33)41(37)30-17-15-16-28(2)25-30/h15-17,20-23,25-27,37H,8-14,18-19,24H2,1-7H3/p+1. The van der Waals surface area contributed by atoms with Crippen molar-refractivity contribution in [3.8, 4) is 0 Å². The average molecular weight is 630 g/mol. The van der Waals surface area contributed by atoms with Crippen molar-refractivity contribution in [2.24, 2.45) is 0 Å². The van der Waals surface area contributed by atoms with Gasteiger partial charge in [-0.1, -0.05) is 70.2 Å². The van der Waals surface area contributed by atoms with E-state index in [4.69, 9.17) is 0 Å². The largest absolute Gasteiger partial charge is 0.337 e. The molecule has 2 aliphatic rings. The second-order valence-corrected chi connectivity index (χ2v) is 15.9. The predicted octanol–water partition coefficient (Wildman–Crippen LogP) is 9.96. The molecule has 3 aromatic carbocycles. The predicted molar refractivity (Wildman–Crippen MR) is 188 cm³/mol. The number of benzene rings is 3. The van der Waals surface area contributed by atoms with E-state index in [1.165, 1.54) is 54.1 Å². The SMILES string of the molecule is CCCCCC[N+]1=C(CCCCCC2N(c3cccc(C)c3)c3ccc(S(=O)(=O)O)cc3C2(C)C)C(C)(C)c2cc(C)ccc21. The third-order valence-corrected chi connectivity index (χ3v) is 11.3. The Kier molecular flexibility index (Phi) is 9.68. The quantitative estimate of drug-likeness (QED) is 0.116. The van der Waals surface area contributed by atoms with Crippen LogP contribution in [-0.2, 0) is 20.9 Å². The van der Waals surface area contributed by atoms with Gasteiger partial charge in [0.05, 0.1) is 10.3 Å². The highest BCUT2D eigenvalue weighted by atomic mass is 32.2. The first kappa shape index (κ1) is 33.4. The molecule has 3 aromatic rings. The molecule has 0 bridgehead atoms. The molecule has 45 heavy (non-hydrogen) atoms. The first-order valence-electron chi connectivity index (χ1n) is 17.0. The summed E-state index contributed by atoms with van der Waals surface area (Å²) in [5.74, 6) is 0. The van der Waals surface area contributed by atoms with Crippen LogP contribution in [0.3, 0.4) is 0 Å². The Morgan fingerprint density at radius 1 is 0.822 bits per heavy atom. The fourth-order valence-corrected chi connectivity index (χ4v) is 8.40. The molecule has 0 radical (unpaired) electrons. The summed E-state index contributed by atoms with van der Waals surface area (Å²) < 4.78 is 36.6. The molecular weight excluding hydrogens is 577 g/mol. The zero-order valence-corrected chi connectivity index (χ0v) is 29.3. The summed E-state index contributed by atoms with van der Waals surface area (Å²) in [6.45, 7) is 16.9. The van der Waals surface area contributed by atoms with E-state index in [0.29, 0.717) is 0 Å². The van der Waals surface area contributed by atoms with E-state index in [1.807, 2.05) is 6.07 Å². The van der Waals surface area contributed by atoms with E-state index >= 15 is 0 Å². The fourth-order valence-electron chi connectivity index (χ4n) is 7.89. The Hall–Kier alpha value is -2.96. The van der Waals surface area contributed by atoms with Crippen molar-refractivity contribution >= 4 is 32.9 Å². The van der Waals surface area contributed by atoms with Crippen molar-refractivity contribution in [3.63, 3.8) is 0 Å². The van der Waals surface area contributed by atoms with Gasteiger partial charge >= 0.3 is 0 Å². The van der Waals surface area contributed by atoms with Crippen LogP contribution < -0.4 is 4.90 Å². The van der Waals surface area contributed by atoms with Gasteiger partial charge in [-0.05, 0) is 94.5 Å². The van der Waals surface area contributed by atoms with Crippen LogP contribution in [0.5, 0.6) is 0 Å². The molecule has 1 unspecified atom stereocenters. The van der Waals surface area contributed by atoms with E-state index in [9.17, 15) is 13.0 Å². The minimum Gasteiger partial charge on any atom is -0.337 e. The van der Waals surface area contributed by atoms with Crippen LogP contribution in [-0.4, -0.2) is 35.8 Å². The van der Waals surface area contributed by atoms with Gasteiger partial charge in [0.2, 0.25) is 5.69 Å². The Morgan fingerprint density at radius 2 is 1.56 bits per heavy atom. The third kappa shape index (κ3) is 6.64. The molecule has 0 spiro atoms. The average Bonchev–Trinajstić information content (AvgIpc) is 3.32. The molecule has 2 aliphatic heterocycles. The molecule has 1 N–H and O–H groups in total. The molecule has 0 saturated heterocycles. The Labute approximate surface area is 272 Å². The summed E-state index contributed by atoms with van der Waals surface area (Å²) in [6.07, 6.45) is 10.5. The monoisotopic (exact) mass is 629 g/mol. The topological polar surface area (TPSA) is 60.6 Å². The van der Waals surface area contributed by atoms with Crippen molar-refractivity contribution < 1.29 is 17.5 Å². The second kappa shape index (κ2) is 13.0. The first-order valence-corrected chi connectivity index (χ1v) is 18.4. The van der Waals surface area contributed by atoms with Crippen LogP contribution in [0.1, 0.15) is 115 Å². The van der Waals surface area contributed by atoms with Gasteiger partial charge in [0.1, 0.15) is 6.54 Å². The van der Waals surface area contributed by atoms with Crippen molar-refractivity contribution in [3.05, 3.63) is 82.9 Å². The molecule has 5 rings (SSSR count). The number of hydrogen-bond acceptors (Lipinski definition) is 3. The van der Waals surface area contributed by atoms with E-state index in [0.717, 1.165) is 55.6 Å². The van der Waals surface area contributed by atoms with Gasteiger partial charge in [-0.3, -0.25) is 4.55 Å². The van der Waals surface area contributed by atoms with E-state index < -0.39 is 10.1 Å². The number of unbranched alkanes of at least 4 members (excludes halogenated alkanes) is 5. The number of nitrogens with zero attached hydrogens (tertiary/aromatic N) is 2. The van der Waals surface area contributed by atoms with Gasteiger partial charge < -0.3 is 4.90 Å². The van der Waals surface area contributed by atoms with E-state index in [-0.39, 0.29) is 21.8 Å². The second-order valence-electron chi connectivity index (χ2n) is 14.5. The molecular formula is C39H53N2O3S+. The normalized spacial score (nSPS) is 18.4. The van der Waals surface area contributed by atoms with Crippen LogP contribution in [0.15, 0.2) is 65.6 Å². The Bertz CT molecular complexity index is 1690. The lowest BCUT2D eigenvalue weighted by molar-refractivity contribution is -0.440. The van der Waals surface area contributed by atoms with E-state index in [2.05, 4.69) is 100 Å². The molecule has 242 valence electrons. The lowest BCUT2D eigenvalue weighted by Crippen LogP contribution is -2.39. The summed E-state index contributed by atoms with van der Waals surface area (Å²) in [5, 5.41) is 0. The highest BCUT2D eigenvalue weighted by Gasteiger charge is 2.46. The lowest BCUT2D eigenvalue weighted by Gasteiger charge is -2.35. The van der Waals surface area contributed by atoms with E-state index in [1.54, 1.807) is 11.8 Å². The number of aryl methyl sites for hydroxylation is 2. The maximum atomic E-state index is 12.1. The van der Waals surface area contributed by atoms with Gasteiger partial charge in [-0.2, -0.15) is 13.0 Å². The minimum absolute atomic E-state index is 0.0356. The van der Waals surface area contributed by atoms with Crippen molar-refractivity contribution in [2.75, 3.05) is 11.4 Å². The molecule has 1 atom stereocenters. The summed E-state index contributed by atoms with van der Waals surface area (Å²) >= 11 is 0. The number of anilines is 2. The van der Waals surface area contributed by atoms with Gasteiger partial charge in [0, 0.05) is 47.3 Å².